The SMILES string of the molecule is CCCc1noc2nc(C3CC3)cc(C(=O)NC3C4CCCC3CC(N)C4)c12.Cl. The summed E-state index contributed by atoms with van der Waals surface area (Å²) in [5, 5.41) is 8.44. The monoisotopic (exact) mass is 418 g/mol. The molecule has 6 nitrogen and oxygen atoms in total. The van der Waals surface area contributed by atoms with Crippen LogP contribution in [0.3, 0.4) is 0 Å². The Bertz CT molecular complexity index is 880. The second-order valence-electron chi connectivity index (χ2n) is 9.11. The van der Waals surface area contributed by atoms with Crippen molar-refractivity contribution in [2.45, 2.75) is 82.7 Å². The number of carbonyl (C=O) groups excluding carboxylic acids is 1. The van der Waals surface area contributed by atoms with Gasteiger partial charge >= 0.3 is 0 Å². The molecule has 1 amide bonds. The number of nitrogens with two attached hydrogens (primary N) is 1. The van der Waals surface area contributed by atoms with Crippen LogP contribution in [0.2, 0.25) is 0 Å². The number of hydrogen-bond acceptors (Lipinski definition) is 5. The number of pyridine rings is 1. The Balaban J connectivity index is 0.00000205. The van der Waals surface area contributed by atoms with Crippen LogP contribution in [0.25, 0.3) is 11.1 Å². The van der Waals surface area contributed by atoms with Crippen molar-refractivity contribution in [1.82, 2.24) is 15.5 Å². The highest BCUT2D eigenvalue weighted by atomic mass is 35.5. The second kappa shape index (κ2) is 8.23. The summed E-state index contributed by atoms with van der Waals surface area (Å²) in [4.78, 5) is 18.1. The fourth-order valence-electron chi connectivity index (χ4n) is 5.46. The van der Waals surface area contributed by atoms with Gasteiger partial charge in [-0.2, -0.15) is 0 Å². The summed E-state index contributed by atoms with van der Waals surface area (Å²) in [5.74, 6) is 1.48. The number of hydrogen-bond donors (Lipinski definition) is 2. The maximum Gasteiger partial charge on any atom is 0.259 e. The summed E-state index contributed by atoms with van der Waals surface area (Å²) < 4.78 is 5.53. The molecule has 7 heteroatoms. The smallest absolute Gasteiger partial charge is 0.259 e. The van der Waals surface area contributed by atoms with Gasteiger partial charge in [0, 0.05) is 23.7 Å². The molecule has 2 bridgehead atoms. The van der Waals surface area contributed by atoms with Gasteiger partial charge in [0.05, 0.1) is 16.6 Å². The minimum Gasteiger partial charge on any atom is -0.349 e. The number of fused-ring (bicyclic) bond motifs is 3. The average Bonchev–Trinajstić information content (AvgIpc) is 3.44. The number of aromatic nitrogens is 2. The molecule has 0 saturated heterocycles. The molecule has 0 radical (unpaired) electrons. The third kappa shape index (κ3) is 3.89. The summed E-state index contributed by atoms with van der Waals surface area (Å²) in [6.45, 7) is 2.11. The van der Waals surface area contributed by atoms with Crippen molar-refractivity contribution in [2.75, 3.05) is 0 Å². The van der Waals surface area contributed by atoms with E-state index in [1.807, 2.05) is 6.07 Å². The van der Waals surface area contributed by atoms with E-state index in [1.54, 1.807) is 0 Å². The molecule has 3 saturated carbocycles. The molecule has 29 heavy (non-hydrogen) atoms. The van der Waals surface area contributed by atoms with Crippen LogP contribution in [0.5, 0.6) is 0 Å². The van der Waals surface area contributed by atoms with E-state index in [1.165, 1.54) is 19.3 Å². The molecule has 0 aliphatic heterocycles. The van der Waals surface area contributed by atoms with Crippen LogP contribution in [0.15, 0.2) is 10.6 Å². The number of carbonyl (C=O) groups is 1. The molecule has 3 N–H and O–H groups in total. The Kier molecular flexibility index (Phi) is 5.85. The fourth-order valence-corrected chi connectivity index (χ4v) is 5.46. The maximum absolute atomic E-state index is 13.4. The quantitative estimate of drug-likeness (QED) is 0.761. The van der Waals surface area contributed by atoms with Gasteiger partial charge in [0.25, 0.3) is 11.6 Å². The van der Waals surface area contributed by atoms with Crippen LogP contribution in [0, 0.1) is 11.8 Å². The first-order chi connectivity index (χ1) is 13.6. The van der Waals surface area contributed by atoms with Crippen molar-refractivity contribution in [3.05, 3.63) is 23.0 Å². The number of nitrogens with one attached hydrogen (secondary N) is 1. The van der Waals surface area contributed by atoms with Crippen LogP contribution in [-0.4, -0.2) is 28.1 Å². The normalized spacial score (nSPS) is 28.8. The van der Waals surface area contributed by atoms with E-state index in [2.05, 4.69) is 22.4 Å². The first-order valence-corrected chi connectivity index (χ1v) is 11.0. The minimum absolute atomic E-state index is 0. The fraction of sp³-hybridized carbons (Fsp3) is 0.682. The van der Waals surface area contributed by atoms with E-state index in [-0.39, 0.29) is 30.4 Å². The van der Waals surface area contributed by atoms with Gasteiger partial charge < -0.3 is 15.6 Å². The minimum atomic E-state index is 0. The summed E-state index contributed by atoms with van der Waals surface area (Å²) in [5.41, 5.74) is 9.30. The Hall–Kier alpha value is -1.66. The van der Waals surface area contributed by atoms with Crippen molar-refractivity contribution in [3.8, 4) is 0 Å². The number of aryl methyl sites for hydroxylation is 1. The molecule has 2 aromatic heterocycles. The van der Waals surface area contributed by atoms with E-state index in [0.29, 0.717) is 29.0 Å². The third-order valence-corrected chi connectivity index (χ3v) is 6.94. The van der Waals surface area contributed by atoms with E-state index in [9.17, 15) is 4.79 Å². The number of nitrogens with zero attached hydrogens (tertiary/aromatic N) is 2. The van der Waals surface area contributed by atoms with Crippen molar-refractivity contribution in [3.63, 3.8) is 0 Å². The van der Waals surface area contributed by atoms with Gasteiger partial charge in [-0.05, 0) is 62.8 Å². The Labute approximate surface area is 177 Å². The lowest BCUT2D eigenvalue weighted by molar-refractivity contribution is 0.0757. The number of amides is 1. The van der Waals surface area contributed by atoms with Crippen molar-refractivity contribution in [2.24, 2.45) is 17.6 Å². The van der Waals surface area contributed by atoms with Crippen molar-refractivity contribution >= 4 is 29.4 Å². The average molecular weight is 419 g/mol. The van der Waals surface area contributed by atoms with Gasteiger partial charge in [-0.15, -0.1) is 12.4 Å². The Morgan fingerprint density at radius 3 is 2.62 bits per heavy atom. The van der Waals surface area contributed by atoms with Crippen LogP contribution >= 0.6 is 12.4 Å². The van der Waals surface area contributed by atoms with Crippen molar-refractivity contribution in [1.29, 1.82) is 0 Å². The third-order valence-electron chi connectivity index (χ3n) is 6.94. The summed E-state index contributed by atoms with van der Waals surface area (Å²) in [7, 11) is 0. The van der Waals surface area contributed by atoms with E-state index >= 15 is 0 Å². The zero-order chi connectivity index (χ0) is 19.3. The van der Waals surface area contributed by atoms with Gasteiger partial charge in [-0.3, -0.25) is 4.79 Å². The van der Waals surface area contributed by atoms with E-state index < -0.39 is 0 Å². The number of halogens is 1. The van der Waals surface area contributed by atoms with E-state index in [4.69, 9.17) is 10.3 Å². The standard InChI is InChI=1S/C22H30N4O2.ClH/c1-2-4-17-19-16(11-18(12-7-8-12)24-22(19)28-26-17)21(27)25-20-13-5-3-6-14(20)10-15(23)9-13;/h11-15,20H,2-10,23H2,1H3,(H,25,27);1H. The largest absolute Gasteiger partial charge is 0.349 e. The second-order valence-corrected chi connectivity index (χ2v) is 9.11. The molecule has 2 unspecified atom stereocenters. The molecule has 3 aliphatic rings. The lowest BCUT2D eigenvalue weighted by atomic mass is 9.67. The molecule has 0 spiro atoms. The van der Waals surface area contributed by atoms with Crippen LogP contribution in [0.1, 0.15) is 86.0 Å². The van der Waals surface area contributed by atoms with Gasteiger partial charge in [0.2, 0.25) is 0 Å². The number of rotatable bonds is 5. The molecule has 5 rings (SSSR count). The van der Waals surface area contributed by atoms with Gasteiger partial charge in [0.15, 0.2) is 0 Å². The van der Waals surface area contributed by atoms with Crippen LogP contribution in [0.4, 0.5) is 0 Å². The molecule has 3 aliphatic carbocycles. The molecular weight excluding hydrogens is 388 g/mol. The maximum atomic E-state index is 13.4. The van der Waals surface area contributed by atoms with Gasteiger partial charge in [-0.25, -0.2) is 4.98 Å². The molecular formula is C22H31ClN4O2. The molecule has 0 aromatic carbocycles. The van der Waals surface area contributed by atoms with E-state index in [0.717, 1.165) is 55.3 Å². The van der Waals surface area contributed by atoms with Gasteiger partial charge in [0.1, 0.15) is 0 Å². The first-order valence-electron chi connectivity index (χ1n) is 11.0. The first kappa shape index (κ1) is 20.6. The predicted molar refractivity (Wildman–Crippen MR) is 114 cm³/mol. The van der Waals surface area contributed by atoms with Crippen LogP contribution in [-0.2, 0) is 6.42 Å². The highest BCUT2D eigenvalue weighted by Gasteiger charge is 2.40. The topological polar surface area (TPSA) is 94.0 Å². The highest BCUT2D eigenvalue weighted by molar-refractivity contribution is 6.06. The summed E-state index contributed by atoms with van der Waals surface area (Å²) in [6, 6.07) is 2.52. The zero-order valence-corrected chi connectivity index (χ0v) is 17.8. The molecule has 2 heterocycles. The Morgan fingerprint density at radius 1 is 1.24 bits per heavy atom. The molecule has 158 valence electrons. The zero-order valence-electron chi connectivity index (χ0n) is 17.0. The lowest BCUT2D eigenvalue weighted by Crippen LogP contribution is -2.53. The molecule has 3 fully saturated rings. The summed E-state index contributed by atoms with van der Waals surface area (Å²) >= 11 is 0. The predicted octanol–water partition coefficient (Wildman–Crippen LogP) is 4.11. The summed E-state index contributed by atoms with van der Waals surface area (Å²) in [6.07, 6.45) is 9.67. The Morgan fingerprint density at radius 2 is 1.97 bits per heavy atom. The lowest BCUT2D eigenvalue weighted by Gasteiger charge is -2.45. The molecule has 2 aromatic rings. The molecule has 2 atom stereocenters. The van der Waals surface area contributed by atoms with Crippen molar-refractivity contribution < 1.29 is 9.32 Å². The van der Waals surface area contributed by atoms with Crippen LogP contribution < -0.4 is 11.1 Å². The van der Waals surface area contributed by atoms with Gasteiger partial charge in [-0.1, -0.05) is 24.9 Å². The highest BCUT2D eigenvalue weighted by Crippen LogP contribution is 2.42.